The first-order valence-corrected chi connectivity index (χ1v) is 7.74. The van der Waals surface area contributed by atoms with Crippen molar-refractivity contribution >= 4 is 40.2 Å². The lowest BCUT2D eigenvalue weighted by Gasteiger charge is -2.21. The Bertz CT molecular complexity index is 718. The van der Waals surface area contributed by atoms with Gasteiger partial charge in [-0.25, -0.2) is 13.3 Å². The van der Waals surface area contributed by atoms with E-state index in [1.807, 2.05) is 19.1 Å². The van der Waals surface area contributed by atoms with Crippen molar-refractivity contribution in [3.05, 3.63) is 58.6 Å². The maximum atomic E-state index is 11.8. The van der Waals surface area contributed by atoms with Gasteiger partial charge in [-0.15, -0.1) is 0 Å². The fourth-order valence-corrected chi connectivity index (χ4v) is 2.78. The number of rotatable bonds is 4. The SMILES string of the molecule is COC(=O)c1ccc(Cl)c(N(c2ccc(C)cc2)S(=O)O)c1. The van der Waals surface area contributed by atoms with Crippen LogP contribution in [-0.2, 0) is 16.0 Å². The molecule has 0 aromatic heterocycles. The number of carbonyl (C=O) groups excluding carboxylic acids is 1. The third-order valence-electron chi connectivity index (χ3n) is 3.01. The second kappa shape index (κ2) is 6.91. The molecule has 2 aromatic rings. The number of esters is 1. The predicted octanol–water partition coefficient (Wildman–Crippen LogP) is 3.71. The lowest BCUT2D eigenvalue weighted by Crippen LogP contribution is -2.20. The van der Waals surface area contributed by atoms with Crippen molar-refractivity contribution in [2.24, 2.45) is 0 Å². The number of nitrogens with zero attached hydrogens (tertiary/aromatic N) is 1. The lowest BCUT2D eigenvalue weighted by molar-refractivity contribution is 0.0601. The Morgan fingerprint density at radius 2 is 1.86 bits per heavy atom. The van der Waals surface area contributed by atoms with E-state index >= 15 is 0 Å². The van der Waals surface area contributed by atoms with Crippen molar-refractivity contribution in [1.29, 1.82) is 0 Å². The second-order valence-corrected chi connectivity index (χ2v) is 5.75. The second-order valence-electron chi connectivity index (χ2n) is 4.52. The number of carbonyl (C=O) groups is 1. The molecule has 2 rings (SSSR count). The van der Waals surface area contributed by atoms with E-state index in [0.717, 1.165) is 9.87 Å². The first-order valence-electron chi connectivity index (χ1n) is 6.29. The number of aryl methyl sites for hydroxylation is 1. The topological polar surface area (TPSA) is 66.8 Å². The van der Waals surface area contributed by atoms with E-state index in [-0.39, 0.29) is 16.3 Å². The molecule has 1 unspecified atom stereocenters. The molecular weight excluding hydrogens is 326 g/mol. The number of anilines is 2. The molecule has 2 aromatic carbocycles. The average molecular weight is 340 g/mol. The summed E-state index contributed by atoms with van der Waals surface area (Å²) in [5.74, 6) is -0.550. The monoisotopic (exact) mass is 339 g/mol. The van der Waals surface area contributed by atoms with Crippen LogP contribution in [0.2, 0.25) is 5.02 Å². The molecule has 0 radical (unpaired) electrons. The maximum absolute atomic E-state index is 11.8. The smallest absolute Gasteiger partial charge is 0.337 e. The number of hydrogen-bond donors (Lipinski definition) is 1. The highest BCUT2D eigenvalue weighted by Gasteiger charge is 2.20. The van der Waals surface area contributed by atoms with Gasteiger partial charge in [-0.2, -0.15) is 0 Å². The molecule has 0 spiro atoms. The Morgan fingerprint density at radius 3 is 2.41 bits per heavy atom. The predicted molar refractivity (Wildman–Crippen MR) is 86.9 cm³/mol. The summed E-state index contributed by atoms with van der Waals surface area (Å²) in [6, 6.07) is 11.4. The summed E-state index contributed by atoms with van der Waals surface area (Å²) in [5.41, 5.74) is 1.98. The van der Waals surface area contributed by atoms with Gasteiger partial charge < -0.3 is 4.74 Å². The molecule has 7 heteroatoms. The summed E-state index contributed by atoms with van der Waals surface area (Å²) in [7, 11) is 1.26. The first kappa shape index (κ1) is 16.5. The molecule has 0 bridgehead atoms. The Labute approximate surface area is 135 Å². The number of methoxy groups -OCH3 is 1. The number of hydrogen-bond acceptors (Lipinski definition) is 3. The minimum Gasteiger partial charge on any atom is -0.465 e. The molecule has 116 valence electrons. The summed E-state index contributed by atoms with van der Waals surface area (Å²) >= 11 is 3.78. The van der Waals surface area contributed by atoms with Gasteiger partial charge >= 0.3 is 5.97 Å². The minimum absolute atomic E-state index is 0.240. The van der Waals surface area contributed by atoms with Crippen molar-refractivity contribution in [3.8, 4) is 0 Å². The zero-order valence-corrected chi connectivity index (χ0v) is 13.5. The first-order chi connectivity index (χ1) is 10.4. The molecular formula is C15H14ClNO4S. The summed E-state index contributed by atoms with van der Waals surface area (Å²) in [6.07, 6.45) is 0. The standard InChI is InChI=1S/C15H14ClNO4S/c1-10-3-6-12(7-4-10)17(22(19)20)14-9-11(15(18)21-2)5-8-13(14)16/h3-9H,1-2H3,(H,19,20). The number of halogens is 1. The number of benzene rings is 2. The summed E-state index contributed by atoms with van der Waals surface area (Å²) in [5, 5.41) is 0.246. The Hall–Kier alpha value is -1.89. The van der Waals surface area contributed by atoms with E-state index in [4.69, 9.17) is 11.6 Å². The van der Waals surface area contributed by atoms with E-state index in [2.05, 4.69) is 4.74 Å². The molecule has 0 aliphatic heterocycles. The molecule has 0 heterocycles. The third-order valence-corrected chi connectivity index (χ3v) is 4.05. The van der Waals surface area contributed by atoms with Crippen LogP contribution in [0.25, 0.3) is 0 Å². The van der Waals surface area contributed by atoms with Gasteiger partial charge in [0.1, 0.15) is 0 Å². The molecule has 0 aliphatic carbocycles. The Morgan fingerprint density at radius 1 is 1.23 bits per heavy atom. The maximum Gasteiger partial charge on any atom is 0.337 e. The highest BCUT2D eigenvalue weighted by atomic mass is 35.5. The summed E-state index contributed by atoms with van der Waals surface area (Å²) < 4.78 is 27.2. The van der Waals surface area contributed by atoms with Crippen LogP contribution in [0.3, 0.4) is 0 Å². The van der Waals surface area contributed by atoms with Crippen LogP contribution in [0.1, 0.15) is 15.9 Å². The van der Waals surface area contributed by atoms with E-state index in [9.17, 15) is 13.6 Å². The molecule has 1 N–H and O–H groups in total. The van der Waals surface area contributed by atoms with E-state index in [0.29, 0.717) is 5.69 Å². The fraction of sp³-hybridized carbons (Fsp3) is 0.133. The molecule has 5 nitrogen and oxygen atoms in total. The van der Waals surface area contributed by atoms with Crippen molar-refractivity contribution in [1.82, 2.24) is 0 Å². The lowest BCUT2D eigenvalue weighted by atomic mass is 10.2. The highest BCUT2D eigenvalue weighted by Crippen LogP contribution is 2.34. The molecule has 0 saturated heterocycles. The van der Waals surface area contributed by atoms with Gasteiger partial charge in [0, 0.05) is 0 Å². The van der Waals surface area contributed by atoms with Crippen LogP contribution in [0.4, 0.5) is 11.4 Å². The Kier molecular flexibility index (Phi) is 5.18. The molecule has 0 saturated carbocycles. The largest absolute Gasteiger partial charge is 0.465 e. The van der Waals surface area contributed by atoms with E-state index < -0.39 is 17.2 Å². The van der Waals surface area contributed by atoms with Gasteiger partial charge in [-0.1, -0.05) is 29.3 Å². The minimum atomic E-state index is -2.35. The van der Waals surface area contributed by atoms with Gasteiger partial charge in [0.2, 0.25) is 0 Å². The van der Waals surface area contributed by atoms with Crippen LogP contribution in [-0.4, -0.2) is 21.8 Å². The van der Waals surface area contributed by atoms with E-state index in [1.165, 1.54) is 25.3 Å². The zero-order chi connectivity index (χ0) is 16.3. The quantitative estimate of drug-likeness (QED) is 0.681. The zero-order valence-electron chi connectivity index (χ0n) is 11.9. The van der Waals surface area contributed by atoms with Crippen molar-refractivity contribution in [3.63, 3.8) is 0 Å². The molecule has 0 amide bonds. The van der Waals surface area contributed by atoms with Crippen molar-refractivity contribution < 1.29 is 18.3 Å². The normalized spacial score (nSPS) is 11.8. The van der Waals surface area contributed by atoms with Gasteiger partial charge in [-0.05, 0) is 37.3 Å². The van der Waals surface area contributed by atoms with Crippen molar-refractivity contribution in [2.45, 2.75) is 6.92 Å². The summed E-state index contributed by atoms with van der Waals surface area (Å²) in [6.45, 7) is 1.91. The fourth-order valence-electron chi connectivity index (χ4n) is 1.91. The van der Waals surface area contributed by atoms with Crippen molar-refractivity contribution in [2.75, 3.05) is 11.4 Å². The number of ether oxygens (including phenoxy) is 1. The van der Waals surface area contributed by atoms with Crippen LogP contribution >= 0.6 is 11.6 Å². The molecule has 0 fully saturated rings. The van der Waals surface area contributed by atoms with Gasteiger partial charge in [0.15, 0.2) is 0 Å². The highest BCUT2D eigenvalue weighted by molar-refractivity contribution is 7.81. The van der Waals surface area contributed by atoms with Crippen LogP contribution in [0.5, 0.6) is 0 Å². The third kappa shape index (κ3) is 3.47. The van der Waals surface area contributed by atoms with Gasteiger partial charge in [-0.3, -0.25) is 4.55 Å². The van der Waals surface area contributed by atoms with Gasteiger partial charge in [0.25, 0.3) is 11.3 Å². The Balaban J connectivity index is 2.55. The molecule has 0 aliphatic rings. The van der Waals surface area contributed by atoms with Crippen LogP contribution < -0.4 is 4.31 Å². The molecule has 1 atom stereocenters. The van der Waals surface area contributed by atoms with Crippen LogP contribution in [0.15, 0.2) is 42.5 Å². The van der Waals surface area contributed by atoms with Gasteiger partial charge in [0.05, 0.1) is 29.1 Å². The average Bonchev–Trinajstić information content (AvgIpc) is 2.50. The summed E-state index contributed by atoms with van der Waals surface area (Å²) in [4.78, 5) is 11.6. The van der Waals surface area contributed by atoms with Crippen LogP contribution in [0, 0.1) is 6.92 Å². The molecule has 22 heavy (non-hydrogen) atoms. The van der Waals surface area contributed by atoms with E-state index in [1.54, 1.807) is 12.1 Å².